The third-order valence-corrected chi connectivity index (χ3v) is 4.51. The van der Waals surface area contributed by atoms with E-state index in [0.717, 1.165) is 0 Å². The van der Waals surface area contributed by atoms with E-state index in [9.17, 15) is 4.79 Å². The molecule has 31 heavy (non-hydrogen) atoms. The van der Waals surface area contributed by atoms with Gasteiger partial charge in [-0.25, -0.2) is 9.78 Å². The van der Waals surface area contributed by atoms with Gasteiger partial charge in [0.05, 0.1) is 37.7 Å². The number of aromatic nitrogens is 2. The van der Waals surface area contributed by atoms with Crippen molar-refractivity contribution in [1.82, 2.24) is 9.97 Å². The molecule has 3 rings (SSSR count). The average molecular weight is 491 g/mol. The van der Waals surface area contributed by atoms with Crippen LogP contribution < -0.4 is 29.6 Å². The fourth-order valence-electron chi connectivity index (χ4n) is 2.64. The normalized spacial score (nSPS) is 10.2. The summed E-state index contributed by atoms with van der Waals surface area (Å²) in [5, 5.41) is 14.3. The number of hydrogen-bond acceptors (Lipinski definition) is 8. The monoisotopic (exact) mass is 490 g/mol. The molecule has 11 heteroatoms. The Bertz CT molecular complexity index is 1070. The summed E-state index contributed by atoms with van der Waals surface area (Å²) in [4.78, 5) is 19.6. The van der Waals surface area contributed by atoms with Gasteiger partial charge in [0.25, 0.3) is 0 Å². The van der Waals surface area contributed by atoms with E-state index < -0.39 is 6.09 Å². The van der Waals surface area contributed by atoms with Crippen LogP contribution in [0.25, 0.3) is 0 Å². The maximum Gasteiger partial charge on any atom is 0.409 e. The first-order chi connectivity index (χ1) is 14.9. The molecule has 1 amide bonds. The number of nitrogens with one attached hydrogen (secondary N) is 2. The summed E-state index contributed by atoms with van der Waals surface area (Å²) in [7, 11) is 4.56. The fourth-order valence-corrected chi connectivity index (χ4v) is 2.92. The summed E-state index contributed by atoms with van der Waals surface area (Å²) in [5.41, 5.74) is 0.871. The predicted molar refractivity (Wildman–Crippen MR) is 117 cm³/mol. The molecule has 10 nitrogen and oxygen atoms in total. The molecule has 3 aromatic rings. The van der Waals surface area contributed by atoms with Crippen LogP contribution in [-0.4, -0.2) is 42.5 Å². The van der Waals surface area contributed by atoms with Gasteiger partial charge in [0, 0.05) is 17.8 Å². The van der Waals surface area contributed by atoms with Gasteiger partial charge in [0.1, 0.15) is 0 Å². The van der Waals surface area contributed by atoms with Crippen molar-refractivity contribution >= 4 is 39.3 Å². The summed E-state index contributed by atoms with van der Waals surface area (Å²) in [6.07, 6.45) is 0.304. The van der Waals surface area contributed by atoms with Crippen LogP contribution in [-0.2, 0) is 0 Å². The predicted octanol–water partition coefficient (Wildman–Crippen LogP) is 4.89. The topological polar surface area (TPSA) is 124 Å². The van der Waals surface area contributed by atoms with E-state index in [1.54, 1.807) is 36.4 Å². The second kappa shape index (κ2) is 9.85. The van der Waals surface area contributed by atoms with E-state index in [4.69, 9.17) is 24.1 Å². The minimum absolute atomic E-state index is 0.185. The molecule has 1 aromatic heterocycles. The quantitative estimate of drug-likeness (QED) is 0.404. The first kappa shape index (κ1) is 22.0. The number of hydrogen-bond donors (Lipinski definition) is 3. The second-order valence-electron chi connectivity index (χ2n) is 5.91. The molecule has 0 aliphatic heterocycles. The lowest BCUT2D eigenvalue weighted by Gasteiger charge is -2.15. The molecule has 0 saturated carbocycles. The molecular weight excluding hydrogens is 472 g/mol. The number of carboxylic acid groups (broad SMARTS) is 1. The highest BCUT2D eigenvalue weighted by atomic mass is 79.9. The minimum Gasteiger partial charge on any atom is -0.493 e. The van der Waals surface area contributed by atoms with Crippen LogP contribution in [0.3, 0.4) is 0 Å². The highest BCUT2D eigenvalue weighted by Gasteiger charge is 2.15. The fraction of sp³-hybridized carbons (Fsp3) is 0.150. The Morgan fingerprint density at radius 2 is 1.71 bits per heavy atom. The molecule has 0 fully saturated rings. The standard InChI is InChI=1S/C20H19BrN4O6/c1-28-15-8-11(9-16(29-2)17(15)30-3)23-19-22-10-12(21)18(25-19)31-14-7-5-4-6-13(14)24-20(26)27/h4-10,24H,1-3H3,(H,26,27)(H,22,23,25). The number of carbonyl (C=O) groups is 1. The number of rotatable bonds is 8. The van der Waals surface area contributed by atoms with Crippen LogP contribution >= 0.6 is 15.9 Å². The maximum atomic E-state index is 11.0. The molecule has 0 bridgehead atoms. The van der Waals surface area contributed by atoms with Gasteiger partial charge in [0.15, 0.2) is 17.2 Å². The smallest absolute Gasteiger partial charge is 0.409 e. The molecule has 1 heterocycles. The van der Waals surface area contributed by atoms with E-state index in [1.165, 1.54) is 27.5 Å². The van der Waals surface area contributed by atoms with Crippen molar-refractivity contribution in [2.45, 2.75) is 0 Å². The second-order valence-corrected chi connectivity index (χ2v) is 6.77. The van der Waals surface area contributed by atoms with E-state index in [1.807, 2.05) is 0 Å². The zero-order valence-electron chi connectivity index (χ0n) is 16.8. The Morgan fingerprint density at radius 3 is 2.32 bits per heavy atom. The van der Waals surface area contributed by atoms with Gasteiger partial charge < -0.3 is 29.4 Å². The molecule has 0 aliphatic rings. The third-order valence-electron chi connectivity index (χ3n) is 3.97. The Kier molecular flexibility index (Phi) is 6.98. The average Bonchev–Trinajstić information content (AvgIpc) is 2.76. The molecule has 0 atom stereocenters. The molecule has 0 aliphatic carbocycles. The van der Waals surface area contributed by atoms with Gasteiger partial charge in [0.2, 0.25) is 17.6 Å². The number of anilines is 3. The number of para-hydroxylation sites is 2. The SMILES string of the molecule is COc1cc(Nc2ncc(Br)c(Oc3ccccc3NC(=O)O)n2)cc(OC)c1OC. The Hall–Kier alpha value is -3.73. The van der Waals surface area contributed by atoms with E-state index >= 15 is 0 Å². The van der Waals surface area contributed by atoms with Gasteiger partial charge in [-0.15, -0.1) is 0 Å². The van der Waals surface area contributed by atoms with Crippen LogP contribution in [0.15, 0.2) is 47.1 Å². The summed E-state index contributed by atoms with van der Waals surface area (Å²) in [6.45, 7) is 0. The highest BCUT2D eigenvalue weighted by molar-refractivity contribution is 9.10. The first-order valence-electron chi connectivity index (χ1n) is 8.81. The Labute approximate surface area is 186 Å². The molecule has 0 spiro atoms. The number of amides is 1. The summed E-state index contributed by atoms with van der Waals surface area (Å²) in [6, 6.07) is 10.0. The van der Waals surface area contributed by atoms with Crippen LogP contribution in [0.1, 0.15) is 0 Å². The Morgan fingerprint density at radius 1 is 1.03 bits per heavy atom. The summed E-state index contributed by atoms with van der Waals surface area (Å²) < 4.78 is 22.3. The van der Waals surface area contributed by atoms with Gasteiger partial charge in [-0.1, -0.05) is 12.1 Å². The van der Waals surface area contributed by atoms with Crippen molar-refractivity contribution in [3.05, 3.63) is 47.1 Å². The molecular formula is C20H19BrN4O6. The molecule has 0 unspecified atom stereocenters. The van der Waals surface area contributed by atoms with Gasteiger partial charge in [-0.05, 0) is 28.1 Å². The Balaban J connectivity index is 1.90. The van der Waals surface area contributed by atoms with Crippen LogP contribution in [0.2, 0.25) is 0 Å². The number of benzene rings is 2. The molecule has 162 valence electrons. The van der Waals surface area contributed by atoms with Crippen LogP contribution in [0, 0.1) is 0 Å². The van der Waals surface area contributed by atoms with Crippen LogP contribution in [0.4, 0.5) is 22.1 Å². The largest absolute Gasteiger partial charge is 0.493 e. The summed E-state index contributed by atoms with van der Waals surface area (Å²) in [5.74, 6) is 2.08. The highest BCUT2D eigenvalue weighted by Crippen LogP contribution is 2.40. The van der Waals surface area contributed by atoms with Crippen molar-refractivity contribution in [3.63, 3.8) is 0 Å². The lowest BCUT2D eigenvalue weighted by molar-refractivity contribution is 0.209. The molecule has 2 aromatic carbocycles. The van der Waals surface area contributed by atoms with Crippen molar-refractivity contribution in [2.24, 2.45) is 0 Å². The summed E-state index contributed by atoms with van der Waals surface area (Å²) >= 11 is 3.34. The van der Waals surface area contributed by atoms with Crippen molar-refractivity contribution in [3.8, 4) is 28.9 Å². The van der Waals surface area contributed by atoms with Gasteiger partial charge >= 0.3 is 6.09 Å². The zero-order chi connectivity index (χ0) is 22.4. The first-order valence-corrected chi connectivity index (χ1v) is 9.60. The van der Waals surface area contributed by atoms with Gasteiger partial charge in [-0.3, -0.25) is 5.32 Å². The lowest BCUT2D eigenvalue weighted by Crippen LogP contribution is -2.08. The molecule has 3 N–H and O–H groups in total. The lowest BCUT2D eigenvalue weighted by atomic mass is 10.2. The maximum absolute atomic E-state index is 11.0. The number of nitrogens with zero attached hydrogens (tertiary/aromatic N) is 2. The minimum atomic E-state index is -1.21. The van der Waals surface area contributed by atoms with Crippen molar-refractivity contribution in [2.75, 3.05) is 32.0 Å². The number of halogens is 1. The number of ether oxygens (including phenoxy) is 4. The zero-order valence-corrected chi connectivity index (χ0v) is 18.4. The van der Waals surface area contributed by atoms with E-state index in [0.29, 0.717) is 27.4 Å². The molecule has 0 radical (unpaired) electrons. The molecule has 0 saturated heterocycles. The van der Waals surface area contributed by atoms with E-state index in [-0.39, 0.29) is 23.3 Å². The van der Waals surface area contributed by atoms with Crippen molar-refractivity contribution in [1.29, 1.82) is 0 Å². The van der Waals surface area contributed by atoms with Crippen LogP contribution in [0.5, 0.6) is 28.9 Å². The van der Waals surface area contributed by atoms with Crippen molar-refractivity contribution < 1.29 is 28.8 Å². The van der Waals surface area contributed by atoms with Gasteiger partial charge in [-0.2, -0.15) is 4.98 Å². The number of methoxy groups -OCH3 is 3. The third kappa shape index (κ3) is 5.25. The van der Waals surface area contributed by atoms with E-state index in [2.05, 4.69) is 36.5 Å².